The van der Waals surface area contributed by atoms with Crippen molar-refractivity contribution >= 4 is 16.6 Å². The summed E-state index contributed by atoms with van der Waals surface area (Å²) in [5, 5.41) is 0.908. The van der Waals surface area contributed by atoms with Crippen LogP contribution in [0.1, 0.15) is 0 Å². The summed E-state index contributed by atoms with van der Waals surface area (Å²) in [5.41, 5.74) is 7.16. The Labute approximate surface area is 128 Å². The van der Waals surface area contributed by atoms with Crippen LogP contribution in [0.4, 0.5) is 5.69 Å². The maximum absolute atomic E-state index is 5.78. The van der Waals surface area contributed by atoms with Gasteiger partial charge in [0.1, 0.15) is 11.5 Å². The van der Waals surface area contributed by atoms with Gasteiger partial charge in [-0.2, -0.15) is 0 Å². The number of nitrogens with zero attached hydrogens (tertiary/aromatic N) is 1. The molecular weight excluding hydrogens is 280 g/mol. The van der Waals surface area contributed by atoms with Crippen molar-refractivity contribution in [3.05, 3.63) is 48.7 Å². The van der Waals surface area contributed by atoms with Crippen LogP contribution in [0.25, 0.3) is 10.9 Å². The molecule has 0 fully saturated rings. The van der Waals surface area contributed by atoms with E-state index in [0.29, 0.717) is 28.7 Å². The summed E-state index contributed by atoms with van der Waals surface area (Å²) in [7, 11) is 3.20. The molecule has 1 aromatic heterocycles. The van der Waals surface area contributed by atoms with Crippen molar-refractivity contribution in [3.8, 4) is 23.0 Å². The van der Waals surface area contributed by atoms with Gasteiger partial charge in [-0.05, 0) is 36.4 Å². The highest BCUT2D eigenvalue weighted by molar-refractivity contribution is 5.83. The minimum Gasteiger partial charge on any atom is -0.493 e. The van der Waals surface area contributed by atoms with Crippen LogP contribution in [-0.4, -0.2) is 19.2 Å². The molecular formula is C17H16N2O3. The fourth-order valence-corrected chi connectivity index (χ4v) is 2.16. The van der Waals surface area contributed by atoms with Crippen molar-refractivity contribution in [2.75, 3.05) is 20.0 Å². The van der Waals surface area contributed by atoms with Gasteiger partial charge in [0.2, 0.25) is 0 Å². The number of nitrogens with two attached hydrogens (primary N) is 1. The van der Waals surface area contributed by atoms with E-state index in [2.05, 4.69) is 4.98 Å². The lowest BCUT2D eigenvalue weighted by molar-refractivity contribution is 0.355. The number of fused-ring (bicyclic) bond motifs is 1. The monoisotopic (exact) mass is 296 g/mol. The molecule has 0 unspecified atom stereocenters. The summed E-state index contributed by atoms with van der Waals surface area (Å²) < 4.78 is 16.4. The van der Waals surface area contributed by atoms with Gasteiger partial charge in [-0.3, -0.25) is 4.98 Å². The molecule has 22 heavy (non-hydrogen) atoms. The normalized spacial score (nSPS) is 10.5. The number of pyridine rings is 1. The molecule has 5 nitrogen and oxygen atoms in total. The largest absolute Gasteiger partial charge is 0.493 e. The highest BCUT2D eigenvalue weighted by atomic mass is 16.5. The molecule has 3 aromatic rings. The molecule has 0 saturated heterocycles. The third kappa shape index (κ3) is 2.74. The summed E-state index contributed by atoms with van der Waals surface area (Å²) in [6, 6.07) is 12.8. The van der Waals surface area contributed by atoms with E-state index in [1.54, 1.807) is 32.5 Å². The predicted octanol–water partition coefficient (Wildman–Crippen LogP) is 3.63. The highest BCUT2D eigenvalue weighted by Gasteiger charge is 2.08. The van der Waals surface area contributed by atoms with Gasteiger partial charge in [-0.1, -0.05) is 0 Å². The van der Waals surface area contributed by atoms with E-state index >= 15 is 0 Å². The van der Waals surface area contributed by atoms with E-state index < -0.39 is 0 Å². The van der Waals surface area contributed by atoms with E-state index in [1.807, 2.05) is 30.3 Å². The Kier molecular flexibility index (Phi) is 3.70. The molecule has 2 N–H and O–H groups in total. The fraction of sp³-hybridized carbons (Fsp3) is 0.118. The molecule has 2 aromatic carbocycles. The number of benzene rings is 2. The van der Waals surface area contributed by atoms with Gasteiger partial charge in [-0.25, -0.2) is 0 Å². The molecule has 1 heterocycles. The van der Waals surface area contributed by atoms with Crippen LogP contribution in [-0.2, 0) is 0 Å². The summed E-state index contributed by atoms with van der Waals surface area (Å²) >= 11 is 0. The lowest BCUT2D eigenvalue weighted by Crippen LogP contribution is -1.92. The number of hydrogen-bond donors (Lipinski definition) is 1. The molecule has 3 rings (SSSR count). The Balaban J connectivity index is 1.96. The number of methoxy groups -OCH3 is 2. The van der Waals surface area contributed by atoms with Gasteiger partial charge < -0.3 is 19.9 Å². The van der Waals surface area contributed by atoms with Crippen molar-refractivity contribution in [1.82, 2.24) is 4.98 Å². The van der Waals surface area contributed by atoms with E-state index in [1.165, 1.54) is 0 Å². The van der Waals surface area contributed by atoms with Gasteiger partial charge >= 0.3 is 0 Å². The number of ether oxygens (including phenoxy) is 3. The zero-order chi connectivity index (χ0) is 15.5. The van der Waals surface area contributed by atoms with E-state index in [0.717, 1.165) is 10.9 Å². The van der Waals surface area contributed by atoms with E-state index in [9.17, 15) is 0 Å². The molecule has 0 saturated carbocycles. The Hall–Kier alpha value is -2.95. The molecule has 0 spiro atoms. The molecule has 0 atom stereocenters. The Bertz CT molecular complexity index is 801. The van der Waals surface area contributed by atoms with Crippen LogP contribution < -0.4 is 19.9 Å². The number of aromatic nitrogens is 1. The Morgan fingerprint density at radius 3 is 2.23 bits per heavy atom. The standard InChI is InChI=1S/C17H16N2O3/c1-20-16-8-11-7-14(10-19-15(11)9-17(16)21-2)22-13-5-3-12(18)4-6-13/h3-10H,18H2,1-2H3. The molecule has 0 aliphatic rings. The summed E-state index contributed by atoms with van der Waals surface area (Å²) in [6.07, 6.45) is 1.67. The topological polar surface area (TPSA) is 66.6 Å². The molecule has 0 radical (unpaired) electrons. The number of anilines is 1. The van der Waals surface area contributed by atoms with Crippen molar-refractivity contribution in [2.45, 2.75) is 0 Å². The second-order valence-electron chi connectivity index (χ2n) is 4.74. The maximum Gasteiger partial charge on any atom is 0.162 e. The van der Waals surface area contributed by atoms with Gasteiger partial charge in [0.25, 0.3) is 0 Å². The first-order valence-corrected chi connectivity index (χ1v) is 6.75. The van der Waals surface area contributed by atoms with Crippen LogP contribution in [0.5, 0.6) is 23.0 Å². The highest BCUT2D eigenvalue weighted by Crippen LogP contribution is 2.33. The van der Waals surface area contributed by atoms with Gasteiger partial charge in [0.15, 0.2) is 11.5 Å². The first-order valence-electron chi connectivity index (χ1n) is 6.75. The van der Waals surface area contributed by atoms with Crippen molar-refractivity contribution in [1.29, 1.82) is 0 Å². The summed E-state index contributed by atoms with van der Waals surface area (Å²) in [6.45, 7) is 0. The van der Waals surface area contributed by atoms with E-state index in [-0.39, 0.29) is 0 Å². The third-order valence-electron chi connectivity index (χ3n) is 3.28. The zero-order valence-corrected chi connectivity index (χ0v) is 12.4. The first-order chi connectivity index (χ1) is 10.7. The minimum atomic E-state index is 0.643. The predicted molar refractivity (Wildman–Crippen MR) is 85.8 cm³/mol. The van der Waals surface area contributed by atoms with Crippen LogP contribution in [0.3, 0.4) is 0 Å². The van der Waals surface area contributed by atoms with Crippen molar-refractivity contribution < 1.29 is 14.2 Å². The fourth-order valence-electron chi connectivity index (χ4n) is 2.16. The molecule has 0 amide bonds. The molecule has 112 valence electrons. The van der Waals surface area contributed by atoms with Gasteiger partial charge in [0.05, 0.1) is 25.9 Å². The molecule has 0 aliphatic carbocycles. The number of hydrogen-bond acceptors (Lipinski definition) is 5. The van der Waals surface area contributed by atoms with E-state index in [4.69, 9.17) is 19.9 Å². The Morgan fingerprint density at radius 2 is 1.55 bits per heavy atom. The third-order valence-corrected chi connectivity index (χ3v) is 3.28. The maximum atomic E-state index is 5.78. The van der Waals surface area contributed by atoms with Crippen LogP contribution in [0, 0.1) is 0 Å². The zero-order valence-electron chi connectivity index (χ0n) is 12.4. The van der Waals surface area contributed by atoms with Crippen molar-refractivity contribution in [3.63, 3.8) is 0 Å². The average Bonchev–Trinajstić information content (AvgIpc) is 2.55. The number of nitrogen functional groups attached to an aromatic ring is 1. The second kappa shape index (κ2) is 5.81. The lowest BCUT2D eigenvalue weighted by atomic mass is 10.2. The van der Waals surface area contributed by atoms with Gasteiger partial charge in [-0.15, -0.1) is 0 Å². The molecule has 0 bridgehead atoms. The first kappa shape index (κ1) is 14.0. The SMILES string of the molecule is COc1cc2cc(Oc3ccc(N)cc3)cnc2cc1OC. The molecule has 0 aliphatic heterocycles. The molecule has 5 heteroatoms. The Morgan fingerprint density at radius 1 is 0.864 bits per heavy atom. The average molecular weight is 296 g/mol. The number of rotatable bonds is 4. The van der Waals surface area contributed by atoms with Crippen LogP contribution >= 0.6 is 0 Å². The lowest BCUT2D eigenvalue weighted by Gasteiger charge is -2.10. The summed E-state index contributed by atoms with van der Waals surface area (Å²) in [4.78, 5) is 4.39. The summed E-state index contributed by atoms with van der Waals surface area (Å²) in [5.74, 6) is 2.65. The second-order valence-corrected chi connectivity index (χ2v) is 4.74. The van der Waals surface area contributed by atoms with Crippen molar-refractivity contribution in [2.24, 2.45) is 0 Å². The smallest absolute Gasteiger partial charge is 0.162 e. The van der Waals surface area contributed by atoms with Gasteiger partial charge in [0, 0.05) is 17.1 Å². The van der Waals surface area contributed by atoms with Crippen LogP contribution in [0.15, 0.2) is 48.7 Å². The quantitative estimate of drug-likeness (QED) is 0.745. The minimum absolute atomic E-state index is 0.643. The van der Waals surface area contributed by atoms with Crippen LogP contribution in [0.2, 0.25) is 0 Å².